The van der Waals surface area contributed by atoms with Gasteiger partial charge in [-0.15, -0.1) is 0 Å². The molecule has 6 nitrogen and oxygen atoms in total. The van der Waals surface area contributed by atoms with Gasteiger partial charge >= 0.3 is 0 Å². The van der Waals surface area contributed by atoms with Gasteiger partial charge in [0.05, 0.1) is 18.9 Å². The molecule has 3 aromatic rings. The number of carbonyl (C=O) groups excluding carboxylic acids is 1. The lowest BCUT2D eigenvalue weighted by Gasteiger charge is -2.11. The highest BCUT2D eigenvalue weighted by Gasteiger charge is 2.20. The van der Waals surface area contributed by atoms with Crippen LogP contribution in [0.2, 0.25) is 0 Å². The largest absolute Gasteiger partial charge is 0.490 e. The van der Waals surface area contributed by atoms with E-state index in [-0.39, 0.29) is 5.91 Å². The predicted octanol–water partition coefficient (Wildman–Crippen LogP) is 4.57. The molecule has 1 aliphatic rings. The minimum absolute atomic E-state index is 0.225. The molecular formula is C21H20BrN3O3. The molecule has 0 saturated heterocycles. The zero-order valence-corrected chi connectivity index (χ0v) is 17.2. The van der Waals surface area contributed by atoms with Crippen LogP contribution in [0.15, 0.2) is 46.9 Å². The van der Waals surface area contributed by atoms with Crippen molar-refractivity contribution in [3.63, 3.8) is 0 Å². The van der Waals surface area contributed by atoms with Crippen molar-refractivity contribution >= 4 is 27.7 Å². The van der Waals surface area contributed by atoms with Crippen LogP contribution in [0.3, 0.4) is 0 Å². The summed E-state index contributed by atoms with van der Waals surface area (Å²) in [6.45, 7) is 3.12. The van der Waals surface area contributed by atoms with E-state index in [1.807, 2.05) is 38.2 Å². The van der Waals surface area contributed by atoms with Gasteiger partial charge in [-0.3, -0.25) is 9.48 Å². The van der Waals surface area contributed by atoms with Gasteiger partial charge in [0, 0.05) is 29.1 Å². The van der Waals surface area contributed by atoms with Crippen LogP contribution in [0.25, 0.3) is 11.1 Å². The van der Waals surface area contributed by atoms with E-state index in [4.69, 9.17) is 9.47 Å². The fourth-order valence-electron chi connectivity index (χ4n) is 3.25. The number of rotatable bonds is 3. The fourth-order valence-corrected chi connectivity index (χ4v) is 3.51. The monoisotopic (exact) mass is 441 g/mol. The number of nitrogens with one attached hydrogen (secondary N) is 1. The average molecular weight is 442 g/mol. The first-order valence-corrected chi connectivity index (χ1v) is 9.83. The first-order chi connectivity index (χ1) is 13.5. The minimum Gasteiger partial charge on any atom is -0.490 e. The number of nitrogens with zero attached hydrogens (tertiary/aromatic N) is 2. The highest BCUT2D eigenvalue weighted by atomic mass is 79.9. The second-order valence-electron chi connectivity index (χ2n) is 6.61. The molecule has 0 fully saturated rings. The first-order valence-electron chi connectivity index (χ1n) is 9.03. The molecule has 0 saturated carbocycles. The van der Waals surface area contributed by atoms with Crippen LogP contribution in [0.5, 0.6) is 11.5 Å². The number of aryl methyl sites for hydroxylation is 2. The van der Waals surface area contributed by atoms with Gasteiger partial charge in [-0.1, -0.05) is 28.1 Å². The van der Waals surface area contributed by atoms with Gasteiger partial charge < -0.3 is 14.8 Å². The molecule has 1 amide bonds. The van der Waals surface area contributed by atoms with Gasteiger partial charge in [0.25, 0.3) is 5.91 Å². The Morgan fingerprint density at radius 1 is 1.11 bits per heavy atom. The SMILES string of the molecule is Cc1nn(C)c(NC(=O)c2ccc3c(c2)OCCCO3)c1-c1ccc(Br)cc1. The Bertz CT molecular complexity index is 1030. The normalized spacial score (nSPS) is 13.1. The van der Waals surface area contributed by atoms with Gasteiger partial charge in [0.1, 0.15) is 5.82 Å². The summed E-state index contributed by atoms with van der Waals surface area (Å²) in [5, 5.41) is 7.49. The maximum atomic E-state index is 12.9. The van der Waals surface area contributed by atoms with E-state index >= 15 is 0 Å². The van der Waals surface area contributed by atoms with Crippen LogP contribution in [0.4, 0.5) is 5.82 Å². The maximum Gasteiger partial charge on any atom is 0.256 e. The van der Waals surface area contributed by atoms with Crippen molar-refractivity contribution in [2.24, 2.45) is 7.05 Å². The molecule has 1 N–H and O–H groups in total. The van der Waals surface area contributed by atoms with E-state index in [2.05, 4.69) is 26.3 Å². The number of amides is 1. The van der Waals surface area contributed by atoms with Crippen LogP contribution in [-0.2, 0) is 7.05 Å². The zero-order valence-electron chi connectivity index (χ0n) is 15.7. The van der Waals surface area contributed by atoms with E-state index in [0.29, 0.717) is 36.1 Å². The van der Waals surface area contributed by atoms with Crippen molar-refractivity contribution in [2.45, 2.75) is 13.3 Å². The van der Waals surface area contributed by atoms with E-state index in [9.17, 15) is 4.79 Å². The number of fused-ring (bicyclic) bond motifs is 1. The molecule has 0 aliphatic carbocycles. The molecule has 28 heavy (non-hydrogen) atoms. The Balaban J connectivity index is 1.65. The van der Waals surface area contributed by atoms with E-state index < -0.39 is 0 Å². The summed E-state index contributed by atoms with van der Waals surface area (Å²) >= 11 is 3.45. The van der Waals surface area contributed by atoms with Crippen molar-refractivity contribution in [1.82, 2.24) is 9.78 Å². The van der Waals surface area contributed by atoms with E-state index in [1.165, 1.54) is 0 Å². The van der Waals surface area contributed by atoms with Crippen LogP contribution in [-0.4, -0.2) is 28.9 Å². The Kier molecular flexibility index (Phi) is 5.09. The lowest BCUT2D eigenvalue weighted by molar-refractivity contribution is 0.102. The second-order valence-corrected chi connectivity index (χ2v) is 7.52. The first kappa shape index (κ1) is 18.6. The lowest BCUT2D eigenvalue weighted by atomic mass is 10.1. The third-order valence-electron chi connectivity index (χ3n) is 4.60. The summed E-state index contributed by atoms with van der Waals surface area (Å²) in [6, 6.07) is 13.2. The smallest absolute Gasteiger partial charge is 0.256 e. The van der Waals surface area contributed by atoms with Gasteiger partial charge in [0.2, 0.25) is 0 Å². The molecule has 1 aromatic heterocycles. The molecule has 0 radical (unpaired) electrons. The quantitative estimate of drug-likeness (QED) is 0.646. The molecule has 2 aromatic carbocycles. The highest BCUT2D eigenvalue weighted by molar-refractivity contribution is 9.10. The predicted molar refractivity (Wildman–Crippen MR) is 111 cm³/mol. The Morgan fingerprint density at radius 3 is 2.57 bits per heavy atom. The molecule has 2 heterocycles. The van der Waals surface area contributed by atoms with E-state index in [0.717, 1.165) is 27.7 Å². The number of aromatic nitrogens is 2. The highest BCUT2D eigenvalue weighted by Crippen LogP contribution is 2.33. The standard InChI is InChI=1S/C21H20BrN3O3/c1-13-19(14-4-7-16(22)8-5-14)20(25(2)24-13)23-21(26)15-6-9-17-18(12-15)28-11-3-10-27-17/h4-9,12H,3,10-11H2,1-2H3,(H,23,26). The average Bonchev–Trinajstić information content (AvgIpc) is 2.85. The molecule has 0 spiro atoms. The van der Waals surface area contributed by atoms with Crippen molar-refractivity contribution < 1.29 is 14.3 Å². The second kappa shape index (κ2) is 7.67. The Morgan fingerprint density at radius 2 is 1.82 bits per heavy atom. The summed E-state index contributed by atoms with van der Waals surface area (Å²) in [5.41, 5.74) is 3.24. The van der Waals surface area contributed by atoms with Crippen molar-refractivity contribution in [1.29, 1.82) is 0 Å². The van der Waals surface area contributed by atoms with Crippen molar-refractivity contribution in [3.05, 3.63) is 58.2 Å². The summed E-state index contributed by atoms with van der Waals surface area (Å²) in [4.78, 5) is 12.9. The molecule has 7 heteroatoms. The molecule has 1 aliphatic heterocycles. The number of ether oxygens (including phenoxy) is 2. The maximum absolute atomic E-state index is 12.9. The summed E-state index contributed by atoms with van der Waals surface area (Å²) in [5.74, 6) is 1.69. The number of hydrogen-bond acceptors (Lipinski definition) is 4. The number of benzene rings is 2. The van der Waals surface area contributed by atoms with Gasteiger partial charge in [0.15, 0.2) is 11.5 Å². The molecule has 0 bridgehead atoms. The van der Waals surface area contributed by atoms with Gasteiger partial charge in [-0.25, -0.2) is 0 Å². The summed E-state index contributed by atoms with van der Waals surface area (Å²) < 4.78 is 14.0. The van der Waals surface area contributed by atoms with Gasteiger partial charge in [-0.05, 0) is 42.8 Å². The zero-order chi connectivity index (χ0) is 19.7. The van der Waals surface area contributed by atoms with Crippen molar-refractivity contribution in [3.8, 4) is 22.6 Å². The molecule has 144 valence electrons. The number of carbonyl (C=O) groups is 1. The van der Waals surface area contributed by atoms with Crippen molar-refractivity contribution in [2.75, 3.05) is 18.5 Å². The Hall–Kier alpha value is -2.80. The lowest BCUT2D eigenvalue weighted by Crippen LogP contribution is -2.15. The fraction of sp³-hybridized carbons (Fsp3) is 0.238. The van der Waals surface area contributed by atoms with Crippen LogP contribution in [0, 0.1) is 6.92 Å². The molecule has 0 atom stereocenters. The molecule has 0 unspecified atom stereocenters. The number of anilines is 1. The van der Waals surface area contributed by atoms with Crippen LogP contribution < -0.4 is 14.8 Å². The van der Waals surface area contributed by atoms with E-state index in [1.54, 1.807) is 22.9 Å². The molecular weight excluding hydrogens is 422 g/mol. The third-order valence-corrected chi connectivity index (χ3v) is 5.13. The summed E-state index contributed by atoms with van der Waals surface area (Å²) in [7, 11) is 1.82. The molecule has 4 rings (SSSR count). The Labute approximate surface area is 171 Å². The number of hydrogen-bond donors (Lipinski definition) is 1. The van der Waals surface area contributed by atoms with Crippen LogP contribution in [0.1, 0.15) is 22.5 Å². The minimum atomic E-state index is -0.225. The summed E-state index contributed by atoms with van der Waals surface area (Å²) in [6.07, 6.45) is 0.820. The van der Waals surface area contributed by atoms with Gasteiger partial charge in [-0.2, -0.15) is 5.10 Å². The number of halogens is 1. The van der Waals surface area contributed by atoms with Crippen LogP contribution >= 0.6 is 15.9 Å². The topological polar surface area (TPSA) is 65.4 Å². The third kappa shape index (κ3) is 3.62.